The summed E-state index contributed by atoms with van der Waals surface area (Å²) in [6, 6.07) is 1.75. The van der Waals surface area contributed by atoms with Crippen LogP contribution in [0.15, 0.2) is 21.8 Å². The van der Waals surface area contributed by atoms with Crippen LogP contribution in [0.5, 0.6) is 0 Å². The monoisotopic (exact) mass is 293 g/mol. The van der Waals surface area contributed by atoms with Gasteiger partial charge in [0.1, 0.15) is 5.42 Å². The van der Waals surface area contributed by atoms with E-state index in [2.05, 4.69) is 17.1 Å². The summed E-state index contributed by atoms with van der Waals surface area (Å²) >= 11 is 1.29. The van der Waals surface area contributed by atoms with Gasteiger partial charge in [0.05, 0.1) is 17.2 Å². The lowest BCUT2D eigenvalue weighted by Gasteiger charge is -2.14. The number of likely N-dealkylation sites (tertiary alicyclic amines) is 1. The Labute approximate surface area is 120 Å². The van der Waals surface area contributed by atoms with Gasteiger partial charge in [0.15, 0.2) is 0 Å². The van der Waals surface area contributed by atoms with Gasteiger partial charge in [-0.25, -0.2) is 5.43 Å². The number of hydrazone groups is 1. The number of hydrogen-bond donors (Lipinski definition) is 1. The molecule has 0 spiro atoms. The first-order chi connectivity index (χ1) is 9.74. The van der Waals surface area contributed by atoms with Crippen molar-refractivity contribution >= 4 is 35.4 Å². The minimum Gasteiger partial charge on any atom is -0.465 e. The van der Waals surface area contributed by atoms with Gasteiger partial charge in [-0.15, -0.1) is 5.10 Å². The number of rotatable bonds is 2. The summed E-state index contributed by atoms with van der Waals surface area (Å²) in [5.74, 6) is 0.962. The molecule has 7 heteroatoms. The molecule has 0 aliphatic carbocycles. The molecule has 6 nitrogen and oxygen atoms in total. The topological polar surface area (TPSA) is 67.1 Å². The predicted octanol–water partition coefficient (Wildman–Crippen LogP) is 0.00200. The first kappa shape index (κ1) is 13.1. The van der Waals surface area contributed by atoms with Gasteiger partial charge in [0.2, 0.25) is 11.8 Å². The highest BCUT2D eigenvalue weighted by atomic mass is 32.2. The SMILES string of the molecule is C=c1occc1=C1NN=C(SCC(=O)N2CCCC2)O1. The van der Waals surface area contributed by atoms with Crippen LogP contribution in [0, 0.1) is 0 Å². The Morgan fingerprint density at radius 3 is 3.00 bits per heavy atom. The van der Waals surface area contributed by atoms with Crippen molar-refractivity contribution in [2.45, 2.75) is 12.8 Å². The number of furan rings is 1. The first-order valence-corrected chi connectivity index (χ1v) is 7.41. The van der Waals surface area contributed by atoms with Crippen molar-refractivity contribution in [3.8, 4) is 0 Å². The first-order valence-electron chi connectivity index (χ1n) is 6.43. The van der Waals surface area contributed by atoms with Crippen LogP contribution in [0.3, 0.4) is 0 Å². The summed E-state index contributed by atoms with van der Waals surface area (Å²) < 4.78 is 10.7. The molecule has 20 heavy (non-hydrogen) atoms. The van der Waals surface area contributed by atoms with E-state index >= 15 is 0 Å². The van der Waals surface area contributed by atoms with Gasteiger partial charge >= 0.3 is 0 Å². The van der Waals surface area contributed by atoms with E-state index in [1.165, 1.54) is 18.0 Å². The molecule has 0 radical (unpaired) electrons. The largest absolute Gasteiger partial charge is 0.465 e. The van der Waals surface area contributed by atoms with Crippen LogP contribution in [0.1, 0.15) is 12.8 Å². The molecule has 2 aliphatic rings. The highest BCUT2D eigenvalue weighted by molar-refractivity contribution is 8.14. The van der Waals surface area contributed by atoms with Gasteiger partial charge in [0, 0.05) is 13.1 Å². The van der Waals surface area contributed by atoms with Gasteiger partial charge in [-0.1, -0.05) is 18.3 Å². The van der Waals surface area contributed by atoms with Gasteiger partial charge in [-0.2, -0.15) is 0 Å². The van der Waals surface area contributed by atoms with Crippen molar-refractivity contribution in [1.29, 1.82) is 0 Å². The molecule has 1 aromatic heterocycles. The third-order valence-corrected chi connectivity index (χ3v) is 4.02. The van der Waals surface area contributed by atoms with Gasteiger partial charge in [-0.05, 0) is 18.9 Å². The highest BCUT2D eigenvalue weighted by Crippen LogP contribution is 2.16. The number of thioether (sulfide) groups is 1. The number of carbonyl (C=O) groups is 1. The van der Waals surface area contributed by atoms with Crippen molar-refractivity contribution in [3.63, 3.8) is 0 Å². The highest BCUT2D eigenvalue weighted by Gasteiger charge is 2.21. The Kier molecular flexibility index (Phi) is 3.68. The fourth-order valence-corrected chi connectivity index (χ4v) is 2.81. The Morgan fingerprint density at radius 1 is 1.50 bits per heavy atom. The molecular weight excluding hydrogens is 278 g/mol. The molecule has 1 N–H and O–H groups in total. The summed E-state index contributed by atoms with van der Waals surface area (Å²) in [6.45, 7) is 5.48. The number of nitrogens with zero attached hydrogens (tertiary/aromatic N) is 2. The molecule has 0 saturated carbocycles. The third kappa shape index (κ3) is 2.67. The summed E-state index contributed by atoms with van der Waals surface area (Å²) in [5, 5.41) is 5.21. The van der Waals surface area contributed by atoms with Crippen LogP contribution in [-0.2, 0) is 9.53 Å². The maximum Gasteiger partial charge on any atom is 0.275 e. The van der Waals surface area contributed by atoms with Crippen LogP contribution < -0.4 is 16.1 Å². The maximum absolute atomic E-state index is 11.9. The molecule has 3 rings (SSSR count). The second kappa shape index (κ2) is 5.62. The van der Waals surface area contributed by atoms with E-state index in [0.717, 1.165) is 31.1 Å². The standard InChI is InChI=1S/C13H15N3O3S/c1-9-10(4-7-18-9)12-14-15-13(19-12)20-8-11(17)16-5-2-3-6-16/h4,7,14H,1-3,5-6,8H2. The summed E-state index contributed by atoms with van der Waals surface area (Å²) in [4.78, 5) is 13.8. The van der Waals surface area contributed by atoms with E-state index in [0.29, 0.717) is 22.3 Å². The van der Waals surface area contributed by atoms with E-state index in [4.69, 9.17) is 9.15 Å². The molecule has 1 fully saturated rings. The van der Waals surface area contributed by atoms with Crippen molar-refractivity contribution < 1.29 is 13.9 Å². The normalized spacial score (nSPS) is 20.6. The van der Waals surface area contributed by atoms with E-state index < -0.39 is 0 Å². The predicted molar refractivity (Wildman–Crippen MR) is 76.8 cm³/mol. The molecule has 0 unspecified atom stereocenters. The average Bonchev–Trinajstić information content (AvgIpc) is 3.17. The van der Waals surface area contributed by atoms with E-state index in [9.17, 15) is 4.79 Å². The zero-order valence-electron chi connectivity index (χ0n) is 10.9. The van der Waals surface area contributed by atoms with Gasteiger partial charge < -0.3 is 14.1 Å². The fourth-order valence-electron chi connectivity index (χ4n) is 2.13. The number of hydrogen-bond acceptors (Lipinski definition) is 6. The number of amides is 1. The second-order valence-electron chi connectivity index (χ2n) is 4.55. The Hall–Kier alpha value is -1.89. The molecule has 1 saturated heterocycles. The van der Waals surface area contributed by atoms with Crippen molar-refractivity contribution in [2.24, 2.45) is 5.10 Å². The van der Waals surface area contributed by atoms with Crippen molar-refractivity contribution in [2.75, 3.05) is 18.8 Å². The average molecular weight is 293 g/mol. The smallest absolute Gasteiger partial charge is 0.275 e. The summed E-state index contributed by atoms with van der Waals surface area (Å²) in [6.07, 6.45) is 3.73. The number of ether oxygens (including phenoxy) is 1. The van der Waals surface area contributed by atoms with Crippen molar-refractivity contribution in [3.05, 3.63) is 23.0 Å². The van der Waals surface area contributed by atoms with E-state index in [1.54, 1.807) is 6.07 Å². The molecule has 0 bridgehead atoms. The van der Waals surface area contributed by atoms with Crippen LogP contribution >= 0.6 is 11.8 Å². The molecule has 1 aromatic rings. The number of nitrogens with one attached hydrogen (secondary N) is 1. The molecular formula is C13H15N3O3S. The molecule has 3 heterocycles. The van der Waals surface area contributed by atoms with Gasteiger partial charge in [-0.3, -0.25) is 4.79 Å². The summed E-state index contributed by atoms with van der Waals surface area (Å²) in [7, 11) is 0. The molecule has 0 atom stereocenters. The lowest BCUT2D eigenvalue weighted by Crippen LogP contribution is -2.29. The zero-order valence-corrected chi connectivity index (χ0v) is 11.7. The summed E-state index contributed by atoms with van der Waals surface area (Å²) in [5.41, 5.74) is 3.30. The Bertz CT molecular complexity index is 646. The maximum atomic E-state index is 11.9. The number of carbonyl (C=O) groups excluding carboxylic acids is 1. The Morgan fingerprint density at radius 2 is 2.30 bits per heavy atom. The fraction of sp³-hybridized carbons (Fsp3) is 0.385. The minimum absolute atomic E-state index is 0.133. The second-order valence-corrected chi connectivity index (χ2v) is 5.48. The quantitative estimate of drug-likeness (QED) is 0.831. The van der Waals surface area contributed by atoms with Crippen LogP contribution in [0.2, 0.25) is 0 Å². The minimum atomic E-state index is 0.133. The Balaban J connectivity index is 1.57. The zero-order chi connectivity index (χ0) is 13.9. The molecule has 1 amide bonds. The van der Waals surface area contributed by atoms with Crippen LogP contribution in [0.25, 0.3) is 12.5 Å². The molecule has 0 aromatic carbocycles. The van der Waals surface area contributed by atoms with E-state index in [-0.39, 0.29) is 5.91 Å². The molecule has 2 aliphatic heterocycles. The third-order valence-electron chi connectivity index (χ3n) is 3.21. The van der Waals surface area contributed by atoms with Gasteiger partial charge in [0.25, 0.3) is 5.23 Å². The van der Waals surface area contributed by atoms with Crippen molar-refractivity contribution in [1.82, 2.24) is 10.3 Å². The lowest BCUT2D eigenvalue weighted by atomic mass is 10.4. The van der Waals surface area contributed by atoms with Crippen LogP contribution in [0.4, 0.5) is 0 Å². The van der Waals surface area contributed by atoms with Crippen LogP contribution in [-0.4, -0.2) is 34.9 Å². The lowest BCUT2D eigenvalue weighted by molar-refractivity contribution is -0.127. The molecule has 106 valence electrons. The van der Waals surface area contributed by atoms with E-state index in [1.807, 2.05) is 4.90 Å².